The van der Waals surface area contributed by atoms with Crippen LogP contribution in [0.25, 0.3) is 0 Å². The second-order valence-corrected chi connectivity index (χ2v) is 8.46. The molecule has 0 aliphatic carbocycles. The Hall–Kier alpha value is -2.28. The molecular formula is C21H28ClNO6. The number of hydrogen-bond acceptors (Lipinski definition) is 6. The second-order valence-electron chi connectivity index (χ2n) is 8.19. The average Bonchev–Trinajstić information content (AvgIpc) is 2.99. The van der Waals surface area contributed by atoms with Crippen molar-refractivity contribution in [3.05, 3.63) is 29.8 Å². The van der Waals surface area contributed by atoms with E-state index in [1.165, 1.54) is 19.1 Å². The third-order valence-corrected chi connectivity index (χ3v) is 5.21. The van der Waals surface area contributed by atoms with Gasteiger partial charge in [0.05, 0.1) is 26.2 Å². The van der Waals surface area contributed by atoms with E-state index in [4.69, 9.17) is 25.8 Å². The molecule has 1 amide bonds. The molecule has 29 heavy (non-hydrogen) atoms. The minimum atomic E-state index is -1.38. The molecule has 0 bridgehead atoms. The molecular weight excluding hydrogens is 398 g/mol. The fourth-order valence-corrected chi connectivity index (χ4v) is 4.01. The Morgan fingerprint density at radius 3 is 2.34 bits per heavy atom. The molecule has 0 radical (unpaired) electrons. The largest absolute Gasteiger partial charge is 0.496 e. The van der Waals surface area contributed by atoms with Crippen LogP contribution in [0.15, 0.2) is 24.3 Å². The summed E-state index contributed by atoms with van der Waals surface area (Å²) in [7, 11) is 2.75. The third-order valence-electron chi connectivity index (χ3n) is 4.98. The fraction of sp³-hybridized carbons (Fsp3) is 0.571. The molecule has 1 fully saturated rings. The number of hydrogen-bond donors (Lipinski definition) is 0. The van der Waals surface area contributed by atoms with Gasteiger partial charge in [0.25, 0.3) is 0 Å². The Balaban J connectivity index is 2.68. The fourth-order valence-electron chi connectivity index (χ4n) is 3.88. The highest BCUT2D eigenvalue weighted by molar-refractivity contribution is 6.27. The number of amides is 1. The number of para-hydroxylation sites is 1. The number of halogens is 1. The van der Waals surface area contributed by atoms with Crippen molar-refractivity contribution in [3.8, 4) is 5.75 Å². The minimum absolute atomic E-state index is 0.0416. The van der Waals surface area contributed by atoms with Gasteiger partial charge in [-0.05, 0) is 40.2 Å². The third kappa shape index (κ3) is 4.50. The molecule has 1 aliphatic heterocycles. The van der Waals surface area contributed by atoms with Crippen LogP contribution < -0.4 is 4.74 Å². The number of methoxy groups -OCH3 is 2. The summed E-state index contributed by atoms with van der Waals surface area (Å²) in [5, 5.41) is 0. The number of rotatable bonds is 5. The lowest BCUT2D eigenvalue weighted by atomic mass is 9.89. The molecule has 3 atom stereocenters. The lowest BCUT2D eigenvalue weighted by molar-refractivity contribution is -0.161. The Kier molecular flexibility index (Phi) is 6.83. The number of esters is 2. The summed E-state index contributed by atoms with van der Waals surface area (Å²) in [6.45, 7) is 6.87. The maximum absolute atomic E-state index is 13.1. The summed E-state index contributed by atoms with van der Waals surface area (Å²) in [4.78, 5) is 40.0. The molecule has 160 valence electrons. The van der Waals surface area contributed by atoms with E-state index in [1.54, 1.807) is 52.0 Å². The predicted molar refractivity (Wildman–Crippen MR) is 108 cm³/mol. The van der Waals surface area contributed by atoms with Crippen LogP contribution in [0.4, 0.5) is 0 Å². The number of nitrogens with zero attached hydrogens (tertiary/aromatic N) is 1. The van der Waals surface area contributed by atoms with Gasteiger partial charge in [0, 0.05) is 5.56 Å². The predicted octanol–water partition coefficient (Wildman–Crippen LogP) is 3.10. The number of likely N-dealkylation sites (tertiary alicyclic amines) is 1. The van der Waals surface area contributed by atoms with Gasteiger partial charge in [-0.15, -0.1) is 11.6 Å². The van der Waals surface area contributed by atoms with Gasteiger partial charge >= 0.3 is 11.9 Å². The number of alkyl halides is 1. The van der Waals surface area contributed by atoms with Crippen LogP contribution in [0.1, 0.15) is 45.7 Å². The maximum Gasteiger partial charge on any atom is 0.331 e. The summed E-state index contributed by atoms with van der Waals surface area (Å²) in [6, 6.07) is 6.27. The second kappa shape index (κ2) is 8.61. The van der Waals surface area contributed by atoms with Crippen LogP contribution >= 0.6 is 11.6 Å². The summed E-state index contributed by atoms with van der Waals surface area (Å²) in [5.74, 6) is -2.27. The van der Waals surface area contributed by atoms with Gasteiger partial charge in [0.2, 0.25) is 5.91 Å². The molecule has 0 unspecified atom stereocenters. The highest BCUT2D eigenvalue weighted by atomic mass is 35.5. The molecule has 8 heteroatoms. The monoisotopic (exact) mass is 425 g/mol. The number of carbonyl (C=O) groups excluding carboxylic acids is 3. The molecule has 1 heterocycles. The standard InChI is InChI=1S/C21H28ClNO6/c1-20(2,3)29-18(25)14-11-21(4,19(26)28-6)23(16(24)12-22)17(14)13-9-7-8-10-15(13)27-5/h7-10,14,17H,11-12H2,1-6H3/t14-,17-,21+/m1/s1. The smallest absolute Gasteiger partial charge is 0.331 e. The van der Waals surface area contributed by atoms with Crippen molar-refractivity contribution in [2.75, 3.05) is 20.1 Å². The summed E-state index contributed by atoms with van der Waals surface area (Å²) >= 11 is 5.88. The lowest BCUT2D eigenvalue weighted by Crippen LogP contribution is -2.52. The average molecular weight is 426 g/mol. The lowest BCUT2D eigenvalue weighted by Gasteiger charge is -2.36. The van der Waals surface area contributed by atoms with Crippen molar-refractivity contribution >= 4 is 29.4 Å². The molecule has 0 aromatic heterocycles. The zero-order valence-corrected chi connectivity index (χ0v) is 18.4. The van der Waals surface area contributed by atoms with Crippen molar-refractivity contribution in [1.29, 1.82) is 0 Å². The van der Waals surface area contributed by atoms with Crippen molar-refractivity contribution in [3.63, 3.8) is 0 Å². The van der Waals surface area contributed by atoms with Crippen LogP contribution in [0, 0.1) is 5.92 Å². The van der Waals surface area contributed by atoms with Gasteiger partial charge in [-0.2, -0.15) is 0 Å². The van der Waals surface area contributed by atoms with Crippen LogP contribution in [0.3, 0.4) is 0 Å². The molecule has 1 aromatic carbocycles. The molecule has 1 saturated heterocycles. The maximum atomic E-state index is 13.1. The van der Waals surface area contributed by atoms with Gasteiger partial charge in [-0.3, -0.25) is 9.59 Å². The van der Waals surface area contributed by atoms with Crippen LogP contribution in [0.2, 0.25) is 0 Å². The summed E-state index contributed by atoms with van der Waals surface area (Å²) in [5.41, 5.74) is -1.51. The van der Waals surface area contributed by atoms with Crippen LogP contribution in [0.5, 0.6) is 5.75 Å². The first-order chi connectivity index (χ1) is 13.5. The van der Waals surface area contributed by atoms with E-state index in [0.29, 0.717) is 11.3 Å². The number of ether oxygens (including phenoxy) is 3. The minimum Gasteiger partial charge on any atom is -0.496 e. The Bertz CT molecular complexity index is 790. The van der Waals surface area contributed by atoms with Crippen LogP contribution in [-0.4, -0.2) is 54.0 Å². The Morgan fingerprint density at radius 2 is 1.83 bits per heavy atom. The number of benzene rings is 1. The van der Waals surface area contributed by atoms with Gasteiger partial charge in [0.15, 0.2) is 0 Å². The Labute approximate surface area is 176 Å². The van der Waals surface area contributed by atoms with E-state index < -0.39 is 40.9 Å². The summed E-state index contributed by atoms with van der Waals surface area (Å²) < 4.78 is 16.0. The van der Waals surface area contributed by atoms with E-state index in [9.17, 15) is 14.4 Å². The molecule has 1 aromatic rings. The van der Waals surface area contributed by atoms with Gasteiger partial charge in [-0.25, -0.2) is 4.79 Å². The molecule has 7 nitrogen and oxygen atoms in total. The zero-order chi connectivity index (χ0) is 22.0. The normalized spacial score (nSPS) is 24.2. The molecule has 0 N–H and O–H groups in total. The first kappa shape index (κ1) is 23.0. The molecule has 1 aliphatic rings. The van der Waals surface area contributed by atoms with E-state index in [-0.39, 0.29) is 12.3 Å². The van der Waals surface area contributed by atoms with Gasteiger partial charge < -0.3 is 19.1 Å². The van der Waals surface area contributed by atoms with E-state index in [0.717, 1.165) is 0 Å². The van der Waals surface area contributed by atoms with E-state index in [1.807, 2.05) is 0 Å². The summed E-state index contributed by atoms with van der Waals surface area (Å²) in [6.07, 6.45) is 0.0416. The van der Waals surface area contributed by atoms with Crippen LogP contribution in [-0.2, 0) is 23.9 Å². The van der Waals surface area contributed by atoms with Crippen molar-refractivity contribution in [2.45, 2.75) is 51.3 Å². The highest BCUT2D eigenvalue weighted by Gasteiger charge is 2.59. The first-order valence-corrected chi connectivity index (χ1v) is 9.86. The van der Waals surface area contributed by atoms with Crippen molar-refractivity contribution in [2.24, 2.45) is 5.92 Å². The van der Waals surface area contributed by atoms with E-state index >= 15 is 0 Å². The van der Waals surface area contributed by atoms with Gasteiger partial charge in [0.1, 0.15) is 22.8 Å². The number of carbonyl (C=O) groups is 3. The Morgan fingerprint density at radius 1 is 1.21 bits per heavy atom. The van der Waals surface area contributed by atoms with Crippen molar-refractivity contribution in [1.82, 2.24) is 4.90 Å². The highest BCUT2D eigenvalue weighted by Crippen LogP contribution is 2.50. The first-order valence-electron chi connectivity index (χ1n) is 9.32. The zero-order valence-electron chi connectivity index (χ0n) is 17.7. The SMILES string of the molecule is COC(=O)[C@]1(C)C[C@@H](C(=O)OC(C)(C)C)[C@@H](c2ccccc2OC)N1C(=O)CCl. The molecule has 0 spiro atoms. The van der Waals surface area contributed by atoms with Gasteiger partial charge in [-0.1, -0.05) is 18.2 Å². The topological polar surface area (TPSA) is 82.1 Å². The molecule has 0 saturated carbocycles. The van der Waals surface area contributed by atoms with E-state index in [2.05, 4.69) is 0 Å². The molecule has 2 rings (SSSR count). The quantitative estimate of drug-likeness (QED) is 0.532. The van der Waals surface area contributed by atoms with Crippen molar-refractivity contribution < 1.29 is 28.6 Å².